The first-order valence-electron chi connectivity index (χ1n) is 7.75. The Hall–Kier alpha value is -2.21. The second kappa shape index (κ2) is 6.91. The van der Waals surface area contributed by atoms with Crippen LogP contribution >= 0.6 is 0 Å². The van der Waals surface area contributed by atoms with E-state index in [0.717, 1.165) is 49.9 Å². The number of aromatic nitrogens is 2. The van der Waals surface area contributed by atoms with Crippen molar-refractivity contribution in [1.29, 1.82) is 0 Å². The van der Waals surface area contributed by atoms with E-state index in [0.29, 0.717) is 0 Å². The molecule has 122 valence electrons. The average molecular weight is 316 g/mol. The maximum Gasteiger partial charge on any atom is 0.225 e. The van der Waals surface area contributed by atoms with E-state index in [1.54, 1.807) is 18.3 Å². The highest BCUT2D eigenvalue weighted by Gasteiger charge is 2.19. The lowest BCUT2D eigenvalue weighted by Crippen LogP contribution is -2.46. The van der Waals surface area contributed by atoms with Crippen LogP contribution in [0.15, 0.2) is 30.5 Å². The van der Waals surface area contributed by atoms with E-state index in [1.807, 2.05) is 19.1 Å². The third-order valence-corrected chi connectivity index (χ3v) is 4.06. The summed E-state index contributed by atoms with van der Waals surface area (Å²) in [4.78, 5) is 13.3. The Bertz CT molecular complexity index is 671. The van der Waals surface area contributed by atoms with E-state index in [1.165, 1.54) is 7.11 Å². The van der Waals surface area contributed by atoms with Crippen LogP contribution in [0.25, 0.3) is 0 Å². The van der Waals surface area contributed by atoms with Gasteiger partial charge in [0.05, 0.1) is 7.11 Å². The van der Waals surface area contributed by atoms with Crippen molar-refractivity contribution < 1.29 is 9.13 Å². The summed E-state index contributed by atoms with van der Waals surface area (Å²) in [5.41, 5.74) is 1.94. The van der Waals surface area contributed by atoms with Crippen molar-refractivity contribution in [2.75, 3.05) is 38.2 Å². The van der Waals surface area contributed by atoms with Gasteiger partial charge in [0.1, 0.15) is 0 Å². The maximum absolute atomic E-state index is 13.8. The molecule has 0 amide bonds. The predicted octanol–water partition coefficient (Wildman–Crippen LogP) is 2.25. The van der Waals surface area contributed by atoms with Gasteiger partial charge in [0.2, 0.25) is 5.95 Å². The standard InChI is InChI=1S/C17H21FN4O/c1-13-5-6-19-17(20-13)22-9-7-21(8-10-22)12-14-3-4-16(23-2)15(18)11-14/h3-6,11H,7-10,12H2,1-2H3. The molecule has 0 atom stereocenters. The number of rotatable bonds is 4. The van der Waals surface area contributed by atoms with Crippen LogP contribution in [0.2, 0.25) is 0 Å². The summed E-state index contributed by atoms with van der Waals surface area (Å²) in [5, 5.41) is 0. The van der Waals surface area contributed by atoms with Crippen LogP contribution in [0.4, 0.5) is 10.3 Å². The molecule has 0 unspecified atom stereocenters. The molecule has 1 aromatic heterocycles. The second-order valence-corrected chi connectivity index (χ2v) is 5.73. The molecule has 1 aromatic carbocycles. The molecule has 5 nitrogen and oxygen atoms in total. The van der Waals surface area contributed by atoms with Gasteiger partial charge in [0, 0.05) is 44.6 Å². The first kappa shape index (κ1) is 15.7. The highest BCUT2D eigenvalue weighted by atomic mass is 19.1. The van der Waals surface area contributed by atoms with Gasteiger partial charge in [-0.2, -0.15) is 0 Å². The molecular formula is C17H21FN4O. The van der Waals surface area contributed by atoms with Crippen molar-refractivity contribution in [3.63, 3.8) is 0 Å². The average Bonchev–Trinajstić information content (AvgIpc) is 2.56. The highest BCUT2D eigenvalue weighted by molar-refractivity contribution is 5.32. The van der Waals surface area contributed by atoms with Crippen molar-refractivity contribution in [3.05, 3.63) is 47.5 Å². The molecule has 2 heterocycles. The number of hydrogen-bond acceptors (Lipinski definition) is 5. The fourth-order valence-electron chi connectivity index (χ4n) is 2.76. The molecule has 0 bridgehead atoms. The molecule has 6 heteroatoms. The van der Waals surface area contributed by atoms with E-state index in [2.05, 4.69) is 19.8 Å². The summed E-state index contributed by atoms with van der Waals surface area (Å²) in [5.74, 6) is 0.770. The van der Waals surface area contributed by atoms with E-state index in [-0.39, 0.29) is 11.6 Å². The smallest absolute Gasteiger partial charge is 0.225 e. The molecule has 0 spiro atoms. The topological polar surface area (TPSA) is 41.5 Å². The number of nitrogens with zero attached hydrogens (tertiary/aromatic N) is 4. The fourth-order valence-corrected chi connectivity index (χ4v) is 2.76. The molecule has 0 saturated carbocycles. The monoisotopic (exact) mass is 316 g/mol. The normalized spacial score (nSPS) is 15.7. The van der Waals surface area contributed by atoms with Crippen LogP contribution in [0.5, 0.6) is 5.75 Å². The molecular weight excluding hydrogens is 295 g/mol. The van der Waals surface area contributed by atoms with E-state index in [9.17, 15) is 4.39 Å². The summed E-state index contributed by atoms with van der Waals surface area (Å²) in [6.45, 7) is 6.28. The number of ether oxygens (including phenoxy) is 1. The summed E-state index contributed by atoms with van der Waals surface area (Å²) >= 11 is 0. The lowest BCUT2D eigenvalue weighted by atomic mass is 10.2. The Morgan fingerprint density at radius 2 is 1.96 bits per heavy atom. The molecule has 0 N–H and O–H groups in total. The Balaban J connectivity index is 1.58. The Morgan fingerprint density at radius 3 is 2.61 bits per heavy atom. The van der Waals surface area contributed by atoms with E-state index in [4.69, 9.17) is 4.74 Å². The first-order valence-corrected chi connectivity index (χ1v) is 7.75. The number of piperazine rings is 1. The molecule has 23 heavy (non-hydrogen) atoms. The van der Waals surface area contributed by atoms with Gasteiger partial charge in [-0.15, -0.1) is 0 Å². The quantitative estimate of drug-likeness (QED) is 0.865. The molecule has 2 aromatic rings. The molecule has 3 rings (SSSR count). The van der Waals surface area contributed by atoms with Crippen LogP contribution in [0, 0.1) is 12.7 Å². The number of methoxy groups -OCH3 is 1. The van der Waals surface area contributed by atoms with Crippen molar-refractivity contribution in [3.8, 4) is 5.75 Å². The lowest BCUT2D eigenvalue weighted by molar-refractivity contribution is 0.248. The van der Waals surface area contributed by atoms with Crippen LogP contribution in [0.3, 0.4) is 0 Å². The van der Waals surface area contributed by atoms with Crippen molar-refractivity contribution in [1.82, 2.24) is 14.9 Å². The second-order valence-electron chi connectivity index (χ2n) is 5.73. The minimum atomic E-state index is -0.309. The third-order valence-electron chi connectivity index (χ3n) is 4.06. The molecule has 1 saturated heterocycles. The van der Waals surface area contributed by atoms with Crippen molar-refractivity contribution >= 4 is 5.95 Å². The fraction of sp³-hybridized carbons (Fsp3) is 0.412. The van der Waals surface area contributed by atoms with Crippen LogP contribution in [-0.2, 0) is 6.54 Å². The van der Waals surface area contributed by atoms with Crippen LogP contribution < -0.4 is 9.64 Å². The molecule has 0 aliphatic carbocycles. The van der Waals surface area contributed by atoms with Gasteiger partial charge < -0.3 is 9.64 Å². The van der Waals surface area contributed by atoms with Gasteiger partial charge in [-0.25, -0.2) is 14.4 Å². The zero-order chi connectivity index (χ0) is 16.2. The molecule has 0 radical (unpaired) electrons. The summed E-state index contributed by atoms with van der Waals surface area (Å²) < 4.78 is 18.7. The Kier molecular flexibility index (Phi) is 4.71. The van der Waals surface area contributed by atoms with Gasteiger partial charge in [-0.1, -0.05) is 6.07 Å². The largest absolute Gasteiger partial charge is 0.494 e. The molecule has 1 aliphatic heterocycles. The van der Waals surface area contributed by atoms with Crippen LogP contribution in [-0.4, -0.2) is 48.2 Å². The number of benzene rings is 1. The maximum atomic E-state index is 13.8. The molecule has 1 fully saturated rings. The number of hydrogen-bond donors (Lipinski definition) is 0. The van der Waals surface area contributed by atoms with Gasteiger partial charge >= 0.3 is 0 Å². The highest BCUT2D eigenvalue weighted by Crippen LogP contribution is 2.19. The number of anilines is 1. The first-order chi connectivity index (χ1) is 11.2. The minimum absolute atomic E-state index is 0.287. The summed E-state index contributed by atoms with van der Waals surface area (Å²) in [6, 6.07) is 7.05. The predicted molar refractivity (Wildman–Crippen MR) is 87.2 cm³/mol. The minimum Gasteiger partial charge on any atom is -0.494 e. The van der Waals surface area contributed by atoms with Gasteiger partial charge in [-0.3, -0.25) is 4.90 Å². The van der Waals surface area contributed by atoms with Crippen molar-refractivity contribution in [2.45, 2.75) is 13.5 Å². The van der Waals surface area contributed by atoms with E-state index < -0.39 is 0 Å². The summed E-state index contributed by atoms with van der Waals surface area (Å²) in [6.07, 6.45) is 1.80. The van der Waals surface area contributed by atoms with Crippen molar-refractivity contribution in [2.24, 2.45) is 0 Å². The SMILES string of the molecule is COc1ccc(CN2CCN(c3nccc(C)n3)CC2)cc1F. The van der Waals surface area contributed by atoms with Gasteiger partial charge in [0.15, 0.2) is 11.6 Å². The number of aryl methyl sites for hydroxylation is 1. The van der Waals surface area contributed by atoms with Crippen LogP contribution in [0.1, 0.15) is 11.3 Å². The zero-order valence-electron chi connectivity index (χ0n) is 13.5. The Labute approximate surface area is 135 Å². The zero-order valence-corrected chi connectivity index (χ0v) is 13.5. The number of halogens is 1. The molecule has 1 aliphatic rings. The third kappa shape index (κ3) is 3.76. The lowest BCUT2D eigenvalue weighted by Gasteiger charge is -2.34. The van der Waals surface area contributed by atoms with Gasteiger partial charge in [0.25, 0.3) is 0 Å². The van der Waals surface area contributed by atoms with Gasteiger partial charge in [-0.05, 0) is 30.7 Å². The summed E-state index contributed by atoms with van der Waals surface area (Å²) in [7, 11) is 1.48. The van der Waals surface area contributed by atoms with E-state index >= 15 is 0 Å². The Morgan fingerprint density at radius 1 is 1.17 bits per heavy atom.